The molecule has 178 valence electrons. The number of hydrogen-bond donors (Lipinski definition) is 2. The lowest BCUT2D eigenvalue weighted by atomic mass is 9.80. The Morgan fingerprint density at radius 1 is 1.06 bits per heavy atom. The Bertz CT molecular complexity index is 1080. The molecule has 1 unspecified atom stereocenters. The molecule has 1 heterocycles. The van der Waals surface area contributed by atoms with Crippen molar-refractivity contribution in [3.63, 3.8) is 0 Å². The van der Waals surface area contributed by atoms with Crippen molar-refractivity contribution in [2.45, 2.75) is 31.8 Å². The number of ether oxygens (including phenoxy) is 1. The molecule has 0 aliphatic carbocycles. The fraction of sp³-hybridized carbons (Fsp3) is 0.269. The van der Waals surface area contributed by atoms with E-state index in [1.165, 1.54) is 31.4 Å². The molecule has 2 N–H and O–H groups in total. The third kappa shape index (κ3) is 4.87. The number of amides is 1. The summed E-state index contributed by atoms with van der Waals surface area (Å²) in [6.07, 6.45) is 1.95. The second-order valence-corrected chi connectivity index (χ2v) is 7.76. The third-order valence-electron chi connectivity index (χ3n) is 5.80. The molecule has 8 nitrogen and oxygen atoms in total. The molecule has 34 heavy (non-hydrogen) atoms. The van der Waals surface area contributed by atoms with Crippen LogP contribution < -0.4 is 10.1 Å². The molecule has 0 saturated carbocycles. The molecule has 1 amide bonds. The van der Waals surface area contributed by atoms with Gasteiger partial charge in [-0.2, -0.15) is 0 Å². The van der Waals surface area contributed by atoms with Gasteiger partial charge in [-0.25, -0.2) is 9.78 Å². The zero-order chi connectivity index (χ0) is 24.7. The fourth-order valence-electron chi connectivity index (χ4n) is 3.97. The van der Waals surface area contributed by atoms with E-state index in [0.29, 0.717) is 6.42 Å². The number of pyridine rings is 1. The van der Waals surface area contributed by atoms with Crippen LogP contribution in [0.1, 0.15) is 41.9 Å². The number of nitrogens with one attached hydrogen (secondary N) is 1. The zero-order valence-corrected chi connectivity index (χ0v) is 19.7. The van der Waals surface area contributed by atoms with Crippen LogP contribution in [0.25, 0.3) is 0 Å². The smallest absolute Gasteiger partial charge is 0.347 e. The van der Waals surface area contributed by atoms with Crippen molar-refractivity contribution in [3.05, 3.63) is 89.7 Å². The highest BCUT2D eigenvalue weighted by Crippen LogP contribution is 2.38. The van der Waals surface area contributed by atoms with E-state index in [2.05, 4.69) is 10.3 Å². The molecule has 8 heteroatoms. The normalized spacial score (nSPS) is 12.1. The number of nitrogens with zero attached hydrogens (tertiary/aromatic N) is 2. The highest BCUT2D eigenvalue weighted by Gasteiger charge is 2.40. The van der Waals surface area contributed by atoms with Crippen molar-refractivity contribution < 1.29 is 24.3 Å². The number of hydroxylamine groups is 2. The lowest BCUT2D eigenvalue weighted by molar-refractivity contribution is -0.210. The highest BCUT2D eigenvalue weighted by molar-refractivity contribution is 5.97. The third-order valence-corrected chi connectivity index (χ3v) is 5.80. The van der Waals surface area contributed by atoms with Gasteiger partial charge < -0.3 is 20.0 Å². The fourth-order valence-corrected chi connectivity index (χ4v) is 3.97. The minimum absolute atomic E-state index is 0.105. The first-order chi connectivity index (χ1) is 16.3. The first-order valence-electron chi connectivity index (χ1n) is 10.9. The predicted molar refractivity (Wildman–Crippen MR) is 127 cm³/mol. The van der Waals surface area contributed by atoms with Crippen LogP contribution in [0.4, 0.5) is 0 Å². The van der Waals surface area contributed by atoms with Gasteiger partial charge in [-0.15, -0.1) is 5.06 Å². The Morgan fingerprint density at radius 2 is 1.62 bits per heavy atom. The summed E-state index contributed by atoms with van der Waals surface area (Å²) in [4.78, 5) is 35.2. The summed E-state index contributed by atoms with van der Waals surface area (Å²) in [7, 11) is 3.07. The quantitative estimate of drug-likeness (QED) is 0.467. The number of benzene rings is 2. The first kappa shape index (κ1) is 24.7. The monoisotopic (exact) mass is 463 g/mol. The Morgan fingerprint density at radius 3 is 2.12 bits per heavy atom. The molecule has 0 aliphatic heterocycles. The Labute approximate surface area is 199 Å². The van der Waals surface area contributed by atoms with Gasteiger partial charge in [0, 0.05) is 19.3 Å². The topological polar surface area (TPSA) is 101 Å². The zero-order valence-electron chi connectivity index (χ0n) is 19.7. The standard InChI is InChI=1S/C26H29N3O5/c1-5-26(19-12-8-6-9-13-19,20-14-10-7-11-15-20)29(3)34-25(32)18(2)28-24(31)22-23(30)21(33-4)16-17-27-22/h6-18,30H,5H2,1-4H3,(H,28,31). The van der Waals surface area contributed by atoms with Crippen LogP contribution in [0.3, 0.4) is 0 Å². The molecule has 2 aromatic carbocycles. The minimum atomic E-state index is -1.01. The maximum Gasteiger partial charge on any atom is 0.347 e. The summed E-state index contributed by atoms with van der Waals surface area (Å²) in [5, 5.41) is 14.2. The van der Waals surface area contributed by atoms with Crippen molar-refractivity contribution in [1.82, 2.24) is 15.4 Å². The maximum atomic E-state index is 13.0. The van der Waals surface area contributed by atoms with E-state index in [1.807, 2.05) is 67.6 Å². The van der Waals surface area contributed by atoms with E-state index in [0.717, 1.165) is 11.1 Å². The van der Waals surface area contributed by atoms with Gasteiger partial charge in [-0.3, -0.25) is 4.79 Å². The van der Waals surface area contributed by atoms with E-state index < -0.39 is 29.2 Å². The molecule has 0 fully saturated rings. The van der Waals surface area contributed by atoms with Crippen LogP contribution in [-0.4, -0.2) is 47.2 Å². The van der Waals surface area contributed by atoms with Gasteiger partial charge in [-0.1, -0.05) is 67.6 Å². The molecule has 0 spiro atoms. The van der Waals surface area contributed by atoms with Crippen LogP contribution in [0, 0.1) is 0 Å². The van der Waals surface area contributed by atoms with Crippen LogP contribution in [0.2, 0.25) is 0 Å². The van der Waals surface area contributed by atoms with Crippen molar-refractivity contribution in [3.8, 4) is 11.5 Å². The SMILES string of the molecule is CCC(c1ccccc1)(c1ccccc1)N(C)OC(=O)C(C)NC(=O)c1nccc(OC)c1O. The number of carbonyl (C=O) groups is 2. The summed E-state index contributed by atoms with van der Waals surface area (Å²) in [6.45, 7) is 3.52. The molecule has 0 saturated heterocycles. The van der Waals surface area contributed by atoms with Gasteiger partial charge in [0.2, 0.25) is 0 Å². The van der Waals surface area contributed by atoms with Gasteiger partial charge in [0.1, 0.15) is 11.6 Å². The van der Waals surface area contributed by atoms with Crippen LogP contribution in [0.5, 0.6) is 11.5 Å². The van der Waals surface area contributed by atoms with Crippen molar-refractivity contribution in [2.75, 3.05) is 14.2 Å². The number of hydrogen-bond acceptors (Lipinski definition) is 7. The van der Waals surface area contributed by atoms with E-state index in [9.17, 15) is 14.7 Å². The van der Waals surface area contributed by atoms with Crippen molar-refractivity contribution >= 4 is 11.9 Å². The van der Waals surface area contributed by atoms with Gasteiger partial charge in [-0.05, 0) is 24.5 Å². The number of aromatic hydroxyl groups is 1. The van der Waals surface area contributed by atoms with E-state index >= 15 is 0 Å². The molecule has 3 rings (SSSR count). The predicted octanol–water partition coefficient (Wildman–Crippen LogP) is 3.66. The van der Waals surface area contributed by atoms with E-state index in [1.54, 1.807) is 7.05 Å². The molecule has 0 bridgehead atoms. The van der Waals surface area contributed by atoms with E-state index in [-0.39, 0.29) is 11.4 Å². The summed E-state index contributed by atoms with van der Waals surface area (Å²) in [5.74, 6) is -1.69. The van der Waals surface area contributed by atoms with Gasteiger partial charge in [0.05, 0.1) is 7.11 Å². The molecule has 1 aromatic heterocycles. The van der Waals surface area contributed by atoms with Gasteiger partial charge >= 0.3 is 5.97 Å². The van der Waals surface area contributed by atoms with Crippen LogP contribution >= 0.6 is 0 Å². The molecule has 0 radical (unpaired) electrons. The lowest BCUT2D eigenvalue weighted by Crippen LogP contribution is -2.49. The molecule has 0 aliphatic rings. The van der Waals surface area contributed by atoms with Crippen molar-refractivity contribution in [2.24, 2.45) is 0 Å². The summed E-state index contributed by atoms with van der Waals surface area (Å²) >= 11 is 0. The second kappa shape index (κ2) is 10.8. The summed E-state index contributed by atoms with van der Waals surface area (Å²) in [6, 6.07) is 20.0. The lowest BCUT2D eigenvalue weighted by Gasteiger charge is -2.41. The summed E-state index contributed by atoms with van der Waals surface area (Å²) < 4.78 is 5.01. The van der Waals surface area contributed by atoms with Gasteiger partial charge in [0.25, 0.3) is 5.91 Å². The van der Waals surface area contributed by atoms with Crippen molar-refractivity contribution in [1.29, 1.82) is 0 Å². The Kier molecular flexibility index (Phi) is 7.86. The minimum Gasteiger partial charge on any atom is -0.503 e. The number of methoxy groups -OCH3 is 1. The van der Waals surface area contributed by atoms with Crippen LogP contribution in [-0.2, 0) is 15.2 Å². The summed E-state index contributed by atoms with van der Waals surface area (Å²) in [5.41, 5.74) is 0.931. The second-order valence-electron chi connectivity index (χ2n) is 7.76. The first-order valence-corrected chi connectivity index (χ1v) is 10.9. The number of rotatable bonds is 9. The molecule has 1 atom stereocenters. The van der Waals surface area contributed by atoms with Crippen LogP contribution in [0.15, 0.2) is 72.9 Å². The molecule has 3 aromatic rings. The van der Waals surface area contributed by atoms with Gasteiger partial charge in [0.15, 0.2) is 17.2 Å². The molecular formula is C26H29N3O5. The average molecular weight is 464 g/mol. The highest BCUT2D eigenvalue weighted by atomic mass is 16.7. The Balaban J connectivity index is 1.82. The largest absolute Gasteiger partial charge is 0.503 e. The number of carbonyl (C=O) groups excluding carboxylic acids is 2. The maximum absolute atomic E-state index is 13.0. The molecular weight excluding hydrogens is 434 g/mol. The number of aromatic nitrogens is 1. The average Bonchev–Trinajstić information content (AvgIpc) is 2.86. The van der Waals surface area contributed by atoms with E-state index in [4.69, 9.17) is 9.57 Å². The Hall–Kier alpha value is -3.91.